The van der Waals surface area contributed by atoms with Crippen molar-refractivity contribution in [1.82, 2.24) is 9.38 Å². The van der Waals surface area contributed by atoms with Gasteiger partial charge in [-0.3, -0.25) is 0 Å². The standard InChI is InChI=1S/C9H10ClN3/c10-7-1-2-8-5-12-9(3-4-11)13(8)6-7/h1-2,5-6H,3-4,11H2. The minimum absolute atomic E-state index is 0.603. The molecule has 0 spiro atoms. The number of hydrogen-bond acceptors (Lipinski definition) is 2. The molecule has 13 heavy (non-hydrogen) atoms. The molecular formula is C9H10ClN3. The van der Waals surface area contributed by atoms with Crippen LogP contribution in [0.15, 0.2) is 24.5 Å². The lowest BCUT2D eigenvalue weighted by atomic mass is 10.4. The number of pyridine rings is 1. The molecule has 0 amide bonds. The number of halogens is 1. The van der Waals surface area contributed by atoms with E-state index in [1.54, 1.807) is 0 Å². The monoisotopic (exact) mass is 195 g/mol. The van der Waals surface area contributed by atoms with E-state index in [0.717, 1.165) is 17.8 Å². The summed E-state index contributed by atoms with van der Waals surface area (Å²) in [4.78, 5) is 4.25. The van der Waals surface area contributed by atoms with Crippen molar-refractivity contribution in [3.05, 3.63) is 35.4 Å². The Balaban J connectivity index is 2.58. The van der Waals surface area contributed by atoms with Gasteiger partial charge in [0.25, 0.3) is 0 Å². The van der Waals surface area contributed by atoms with Crippen LogP contribution in [0.1, 0.15) is 5.82 Å². The van der Waals surface area contributed by atoms with Gasteiger partial charge in [0.15, 0.2) is 0 Å². The maximum atomic E-state index is 5.87. The van der Waals surface area contributed by atoms with Crippen molar-refractivity contribution in [2.45, 2.75) is 6.42 Å². The molecule has 3 nitrogen and oxygen atoms in total. The first-order chi connectivity index (χ1) is 6.31. The molecule has 2 aromatic rings. The summed E-state index contributed by atoms with van der Waals surface area (Å²) in [6, 6.07) is 3.79. The average Bonchev–Trinajstić information content (AvgIpc) is 2.49. The summed E-state index contributed by atoms with van der Waals surface area (Å²) >= 11 is 5.87. The summed E-state index contributed by atoms with van der Waals surface area (Å²) in [5.74, 6) is 0.958. The number of aromatic nitrogens is 2. The van der Waals surface area contributed by atoms with Gasteiger partial charge in [-0.15, -0.1) is 0 Å². The third-order valence-electron chi connectivity index (χ3n) is 1.94. The van der Waals surface area contributed by atoms with Gasteiger partial charge in [0.05, 0.1) is 16.7 Å². The van der Waals surface area contributed by atoms with Gasteiger partial charge in [0.2, 0.25) is 0 Å². The minimum Gasteiger partial charge on any atom is -0.330 e. The number of hydrogen-bond donors (Lipinski definition) is 1. The summed E-state index contributed by atoms with van der Waals surface area (Å²) in [7, 11) is 0. The van der Waals surface area contributed by atoms with Crippen LogP contribution in [0.5, 0.6) is 0 Å². The molecule has 2 aromatic heterocycles. The Labute approximate surface area is 81.1 Å². The molecule has 0 aliphatic carbocycles. The van der Waals surface area contributed by atoms with Crippen molar-refractivity contribution in [3.8, 4) is 0 Å². The van der Waals surface area contributed by atoms with Crippen LogP contribution in [0.25, 0.3) is 5.52 Å². The van der Waals surface area contributed by atoms with E-state index >= 15 is 0 Å². The maximum absolute atomic E-state index is 5.87. The van der Waals surface area contributed by atoms with E-state index in [4.69, 9.17) is 17.3 Å². The zero-order valence-electron chi connectivity index (χ0n) is 7.07. The van der Waals surface area contributed by atoms with E-state index in [-0.39, 0.29) is 0 Å². The lowest BCUT2D eigenvalue weighted by molar-refractivity contribution is 0.863. The van der Waals surface area contributed by atoms with Crippen LogP contribution in [-0.2, 0) is 6.42 Å². The first kappa shape index (κ1) is 8.53. The van der Waals surface area contributed by atoms with Crippen LogP contribution >= 0.6 is 11.6 Å². The molecule has 68 valence electrons. The van der Waals surface area contributed by atoms with Gasteiger partial charge in [-0.1, -0.05) is 11.6 Å². The van der Waals surface area contributed by atoms with Gasteiger partial charge in [0.1, 0.15) is 5.82 Å². The average molecular weight is 196 g/mol. The van der Waals surface area contributed by atoms with Gasteiger partial charge < -0.3 is 10.1 Å². The zero-order chi connectivity index (χ0) is 9.26. The van der Waals surface area contributed by atoms with Crippen LogP contribution in [0, 0.1) is 0 Å². The van der Waals surface area contributed by atoms with Gasteiger partial charge >= 0.3 is 0 Å². The third kappa shape index (κ3) is 1.53. The number of fused-ring (bicyclic) bond motifs is 1. The highest BCUT2D eigenvalue weighted by Gasteiger charge is 2.01. The van der Waals surface area contributed by atoms with Crippen molar-refractivity contribution in [2.24, 2.45) is 5.73 Å². The molecule has 2 heterocycles. The predicted octanol–water partition coefficient (Wildman–Crippen LogP) is 1.49. The minimum atomic E-state index is 0.603. The molecule has 2 rings (SSSR count). The normalized spacial score (nSPS) is 10.9. The van der Waals surface area contributed by atoms with E-state index in [2.05, 4.69) is 4.98 Å². The first-order valence-electron chi connectivity index (χ1n) is 4.13. The fourth-order valence-corrected chi connectivity index (χ4v) is 1.49. The van der Waals surface area contributed by atoms with Crippen LogP contribution < -0.4 is 5.73 Å². The summed E-state index contributed by atoms with van der Waals surface area (Å²) in [5.41, 5.74) is 6.51. The predicted molar refractivity (Wildman–Crippen MR) is 53.0 cm³/mol. The quantitative estimate of drug-likeness (QED) is 0.789. The van der Waals surface area contributed by atoms with Gasteiger partial charge in [-0.2, -0.15) is 0 Å². The molecule has 0 aliphatic rings. The second-order valence-electron chi connectivity index (χ2n) is 2.86. The van der Waals surface area contributed by atoms with E-state index in [0.29, 0.717) is 11.6 Å². The Morgan fingerprint density at radius 2 is 2.31 bits per heavy atom. The van der Waals surface area contributed by atoms with Crippen molar-refractivity contribution < 1.29 is 0 Å². The van der Waals surface area contributed by atoms with E-state index in [1.807, 2.05) is 28.9 Å². The van der Waals surface area contributed by atoms with E-state index in [9.17, 15) is 0 Å². The Morgan fingerprint density at radius 3 is 3.08 bits per heavy atom. The van der Waals surface area contributed by atoms with E-state index in [1.165, 1.54) is 0 Å². The number of nitrogens with zero attached hydrogens (tertiary/aromatic N) is 2. The molecule has 0 unspecified atom stereocenters. The van der Waals surface area contributed by atoms with Gasteiger partial charge in [0, 0.05) is 12.6 Å². The van der Waals surface area contributed by atoms with Gasteiger partial charge in [-0.05, 0) is 18.7 Å². The molecule has 0 aliphatic heterocycles. The Hall–Kier alpha value is -1.06. The third-order valence-corrected chi connectivity index (χ3v) is 2.16. The van der Waals surface area contributed by atoms with E-state index < -0.39 is 0 Å². The van der Waals surface area contributed by atoms with Crippen LogP contribution in [-0.4, -0.2) is 15.9 Å². The molecule has 0 aromatic carbocycles. The topological polar surface area (TPSA) is 43.3 Å². The molecule has 0 radical (unpaired) electrons. The van der Waals surface area contributed by atoms with Crippen LogP contribution in [0.2, 0.25) is 5.02 Å². The Bertz CT molecular complexity index is 422. The molecule has 2 N–H and O–H groups in total. The van der Waals surface area contributed by atoms with Crippen LogP contribution in [0.3, 0.4) is 0 Å². The molecule has 0 saturated heterocycles. The molecular weight excluding hydrogens is 186 g/mol. The molecule has 4 heteroatoms. The Kier molecular flexibility index (Phi) is 2.20. The maximum Gasteiger partial charge on any atom is 0.114 e. The number of rotatable bonds is 2. The summed E-state index contributed by atoms with van der Waals surface area (Å²) in [6.45, 7) is 0.603. The second kappa shape index (κ2) is 3.36. The second-order valence-corrected chi connectivity index (χ2v) is 3.29. The SMILES string of the molecule is NCCc1ncc2ccc(Cl)cn12. The fraction of sp³-hybridized carbons (Fsp3) is 0.222. The Morgan fingerprint density at radius 1 is 1.46 bits per heavy atom. The smallest absolute Gasteiger partial charge is 0.114 e. The van der Waals surface area contributed by atoms with Crippen molar-refractivity contribution >= 4 is 17.1 Å². The number of nitrogens with two attached hydrogens (primary N) is 1. The highest BCUT2D eigenvalue weighted by Crippen LogP contribution is 2.13. The highest BCUT2D eigenvalue weighted by molar-refractivity contribution is 6.30. The van der Waals surface area contributed by atoms with Crippen molar-refractivity contribution in [2.75, 3.05) is 6.54 Å². The lowest BCUT2D eigenvalue weighted by Crippen LogP contribution is -2.06. The van der Waals surface area contributed by atoms with Crippen molar-refractivity contribution in [3.63, 3.8) is 0 Å². The molecule has 0 bridgehead atoms. The lowest BCUT2D eigenvalue weighted by Gasteiger charge is -1.99. The summed E-state index contributed by atoms with van der Waals surface area (Å²) < 4.78 is 1.97. The highest BCUT2D eigenvalue weighted by atomic mass is 35.5. The van der Waals surface area contributed by atoms with Gasteiger partial charge in [-0.25, -0.2) is 4.98 Å². The summed E-state index contributed by atoms with van der Waals surface area (Å²) in [6.07, 6.45) is 4.45. The number of imidazole rings is 1. The van der Waals surface area contributed by atoms with Crippen LogP contribution in [0.4, 0.5) is 0 Å². The molecule has 0 fully saturated rings. The largest absolute Gasteiger partial charge is 0.330 e. The van der Waals surface area contributed by atoms with Crippen molar-refractivity contribution in [1.29, 1.82) is 0 Å². The molecule has 0 atom stereocenters. The zero-order valence-corrected chi connectivity index (χ0v) is 7.83. The fourth-order valence-electron chi connectivity index (χ4n) is 1.33. The summed E-state index contributed by atoms with van der Waals surface area (Å²) in [5, 5.41) is 0.712. The molecule has 0 saturated carbocycles. The first-order valence-corrected chi connectivity index (χ1v) is 4.50.